The molecule has 1 atom stereocenters. The Balaban J connectivity index is 1.73. The molecule has 1 aromatic carbocycles. The first-order valence-electron chi connectivity index (χ1n) is 8.81. The van der Waals surface area contributed by atoms with Crippen molar-refractivity contribution >= 4 is 16.7 Å². The molecule has 2 aromatic heterocycles. The second-order valence-electron chi connectivity index (χ2n) is 6.50. The van der Waals surface area contributed by atoms with Crippen molar-refractivity contribution in [3.05, 3.63) is 48.8 Å². The van der Waals surface area contributed by atoms with E-state index in [0.717, 1.165) is 41.9 Å². The highest BCUT2D eigenvalue weighted by atomic mass is 16.5. The summed E-state index contributed by atoms with van der Waals surface area (Å²) >= 11 is 0. The van der Waals surface area contributed by atoms with E-state index in [1.54, 1.807) is 12.4 Å². The molecule has 128 valence electrons. The van der Waals surface area contributed by atoms with Gasteiger partial charge in [0.2, 0.25) is 0 Å². The van der Waals surface area contributed by atoms with Crippen LogP contribution in [0.1, 0.15) is 19.3 Å². The molecule has 1 aliphatic rings. The number of anilines is 1. The molecule has 25 heavy (non-hydrogen) atoms. The fraction of sp³-hybridized carbons (Fsp3) is 0.350. The normalized spacial score (nSPS) is 17.6. The lowest BCUT2D eigenvalue weighted by Gasteiger charge is -2.28. The second-order valence-corrected chi connectivity index (χ2v) is 6.50. The Morgan fingerprint density at radius 2 is 2.04 bits per heavy atom. The zero-order chi connectivity index (χ0) is 17.1. The molecule has 3 aromatic rings. The van der Waals surface area contributed by atoms with Gasteiger partial charge in [0.15, 0.2) is 5.82 Å². The first kappa shape index (κ1) is 16.0. The van der Waals surface area contributed by atoms with Gasteiger partial charge in [-0.25, -0.2) is 9.97 Å². The molecule has 1 unspecified atom stereocenters. The Hall–Kier alpha value is -2.53. The average Bonchev–Trinajstić information content (AvgIpc) is 2.68. The standard InChI is InChI=1S/C20H22N4O/c1-24(14-16-8-4-5-12-25-16)20-17-9-2-3-10-18(17)22-19(23-20)15-7-6-11-21-13-15/h2-3,6-7,9-11,13,16H,4-5,8,12,14H2,1H3. The molecule has 4 rings (SSSR count). The van der Waals surface area contributed by atoms with Crippen molar-refractivity contribution in [3.63, 3.8) is 0 Å². The van der Waals surface area contributed by atoms with Crippen LogP contribution in [0.25, 0.3) is 22.3 Å². The van der Waals surface area contributed by atoms with Gasteiger partial charge in [-0.1, -0.05) is 12.1 Å². The van der Waals surface area contributed by atoms with Crippen LogP contribution in [0.15, 0.2) is 48.8 Å². The summed E-state index contributed by atoms with van der Waals surface area (Å²) in [5.74, 6) is 1.65. The fourth-order valence-corrected chi connectivity index (χ4v) is 3.32. The summed E-state index contributed by atoms with van der Waals surface area (Å²) in [7, 11) is 2.08. The highest BCUT2D eigenvalue weighted by Gasteiger charge is 2.19. The van der Waals surface area contributed by atoms with E-state index in [9.17, 15) is 0 Å². The molecule has 0 spiro atoms. The van der Waals surface area contributed by atoms with E-state index in [1.165, 1.54) is 12.8 Å². The van der Waals surface area contributed by atoms with Crippen molar-refractivity contribution in [2.75, 3.05) is 25.1 Å². The molecule has 1 aliphatic heterocycles. The van der Waals surface area contributed by atoms with E-state index in [2.05, 4.69) is 23.0 Å². The molecule has 5 heteroatoms. The minimum absolute atomic E-state index is 0.273. The van der Waals surface area contributed by atoms with E-state index >= 15 is 0 Å². The van der Waals surface area contributed by atoms with Gasteiger partial charge in [0.05, 0.1) is 11.6 Å². The van der Waals surface area contributed by atoms with Gasteiger partial charge < -0.3 is 9.64 Å². The number of para-hydroxylation sites is 1. The van der Waals surface area contributed by atoms with Crippen molar-refractivity contribution in [1.29, 1.82) is 0 Å². The first-order chi connectivity index (χ1) is 12.3. The molecule has 0 radical (unpaired) electrons. The minimum Gasteiger partial charge on any atom is -0.376 e. The van der Waals surface area contributed by atoms with Crippen LogP contribution in [-0.2, 0) is 4.74 Å². The second kappa shape index (κ2) is 7.15. The number of pyridine rings is 1. The van der Waals surface area contributed by atoms with Crippen LogP contribution in [0.2, 0.25) is 0 Å². The highest BCUT2D eigenvalue weighted by Crippen LogP contribution is 2.27. The van der Waals surface area contributed by atoms with Gasteiger partial charge in [0, 0.05) is 43.5 Å². The molecule has 1 fully saturated rings. The third-order valence-corrected chi connectivity index (χ3v) is 4.62. The van der Waals surface area contributed by atoms with Crippen LogP contribution in [0.3, 0.4) is 0 Å². The highest BCUT2D eigenvalue weighted by molar-refractivity contribution is 5.90. The SMILES string of the molecule is CN(CC1CCCCO1)c1nc(-c2cccnc2)nc2ccccc12. The zero-order valence-electron chi connectivity index (χ0n) is 14.4. The molecule has 0 bridgehead atoms. The molecule has 0 aliphatic carbocycles. The number of fused-ring (bicyclic) bond motifs is 1. The van der Waals surface area contributed by atoms with Gasteiger partial charge in [-0.3, -0.25) is 4.98 Å². The maximum absolute atomic E-state index is 5.90. The number of likely N-dealkylation sites (N-methyl/N-ethyl adjacent to an activating group) is 1. The summed E-state index contributed by atoms with van der Waals surface area (Å²) in [6.45, 7) is 1.71. The Morgan fingerprint density at radius 3 is 2.84 bits per heavy atom. The van der Waals surface area contributed by atoms with Gasteiger partial charge in [-0.15, -0.1) is 0 Å². The molecule has 1 saturated heterocycles. The smallest absolute Gasteiger partial charge is 0.163 e. The summed E-state index contributed by atoms with van der Waals surface area (Å²) in [6.07, 6.45) is 7.36. The number of ether oxygens (including phenoxy) is 1. The molecule has 0 N–H and O–H groups in total. The Morgan fingerprint density at radius 1 is 1.12 bits per heavy atom. The largest absolute Gasteiger partial charge is 0.376 e. The number of nitrogens with zero attached hydrogens (tertiary/aromatic N) is 4. The van der Waals surface area contributed by atoms with Crippen LogP contribution in [0, 0.1) is 0 Å². The van der Waals surface area contributed by atoms with Crippen molar-refractivity contribution in [2.24, 2.45) is 0 Å². The zero-order valence-corrected chi connectivity index (χ0v) is 14.4. The van der Waals surface area contributed by atoms with Crippen molar-refractivity contribution in [1.82, 2.24) is 15.0 Å². The van der Waals surface area contributed by atoms with Crippen LogP contribution < -0.4 is 4.90 Å². The van der Waals surface area contributed by atoms with E-state index in [4.69, 9.17) is 14.7 Å². The average molecular weight is 334 g/mol. The van der Waals surface area contributed by atoms with Crippen molar-refractivity contribution < 1.29 is 4.74 Å². The van der Waals surface area contributed by atoms with Gasteiger partial charge >= 0.3 is 0 Å². The topological polar surface area (TPSA) is 51.1 Å². The maximum atomic E-state index is 5.90. The van der Waals surface area contributed by atoms with E-state index < -0.39 is 0 Å². The van der Waals surface area contributed by atoms with Gasteiger partial charge in [-0.2, -0.15) is 0 Å². The van der Waals surface area contributed by atoms with Crippen LogP contribution >= 0.6 is 0 Å². The van der Waals surface area contributed by atoms with Crippen molar-refractivity contribution in [2.45, 2.75) is 25.4 Å². The maximum Gasteiger partial charge on any atom is 0.163 e. The Kier molecular flexibility index (Phi) is 4.57. The lowest BCUT2D eigenvalue weighted by Crippen LogP contribution is -2.34. The van der Waals surface area contributed by atoms with Gasteiger partial charge in [0.1, 0.15) is 5.82 Å². The summed E-state index contributed by atoms with van der Waals surface area (Å²) < 4.78 is 5.90. The fourth-order valence-electron chi connectivity index (χ4n) is 3.32. The molecular formula is C20H22N4O. The summed E-state index contributed by atoms with van der Waals surface area (Å²) in [5, 5.41) is 1.06. The van der Waals surface area contributed by atoms with E-state index in [0.29, 0.717) is 5.82 Å². The minimum atomic E-state index is 0.273. The number of hydrogen-bond acceptors (Lipinski definition) is 5. The lowest BCUT2D eigenvalue weighted by molar-refractivity contribution is 0.0215. The summed E-state index contributed by atoms with van der Waals surface area (Å²) in [5.41, 5.74) is 1.87. The Labute approximate surface area is 147 Å². The number of hydrogen-bond donors (Lipinski definition) is 0. The lowest BCUT2D eigenvalue weighted by atomic mass is 10.1. The molecule has 0 saturated carbocycles. The molecule has 3 heterocycles. The summed E-state index contributed by atoms with van der Waals surface area (Å²) in [6, 6.07) is 12.1. The number of benzene rings is 1. The number of rotatable bonds is 4. The Bertz CT molecular complexity index is 847. The molecule has 0 amide bonds. The summed E-state index contributed by atoms with van der Waals surface area (Å²) in [4.78, 5) is 16.0. The van der Waals surface area contributed by atoms with E-state index in [-0.39, 0.29) is 6.10 Å². The molecule has 5 nitrogen and oxygen atoms in total. The third-order valence-electron chi connectivity index (χ3n) is 4.62. The monoisotopic (exact) mass is 334 g/mol. The van der Waals surface area contributed by atoms with Crippen LogP contribution in [-0.4, -0.2) is 41.3 Å². The number of aromatic nitrogens is 3. The van der Waals surface area contributed by atoms with E-state index in [1.807, 2.05) is 30.3 Å². The van der Waals surface area contributed by atoms with Crippen LogP contribution in [0.5, 0.6) is 0 Å². The van der Waals surface area contributed by atoms with Crippen LogP contribution in [0.4, 0.5) is 5.82 Å². The predicted octanol–water partition coefficient (Wildman–Crippen LogP) is 3.70. The first-order valence-corrected chi connectivity index (χ1v) is 8.81. The third kappa shape index (κ3) is 3.46. The van der Waals surface area contributed by atoms with Gasteiger partial charge in [0.25, 0.3) is 0 Å². The molecular weight excluding hydrogens is 312 g/mol. The quantitative estimate of drug-likeness (QED) is 0.728. The van der Waals surface area contributed by atoms with Gasteiger partial charge in [-0.05, 0) is 43.5 Å². The van der Waals surface area contributed by atoms with Crippen molar-refractivity contribution in [3.8, 4) is 11.4 Å². The predicted molar refractivity (Wildman–Crippen MR) is 99.6 cm³/mol.